The third-order valence-electron chi connectivity index (χ3n) is 3.63. The van der Waals surface area contributed by atoms with Gasteiger partial charge >= 0.3 is 0 Å². The summed E-state index contributed by atoms with van der Waals surface area (Å²) in [5.74, 6) is 0. The number of para-hydroxylation sites is 1. The zero-order valence-corrected chi connectivity index (χ0v) is 13.4. The fourth-order valence-electron chi connectivity index (χ4n) is 3.02. The zero-order chi connectivity index (χ0) is 12.5. The van der Waals surface area contributed by atoms with Gasteiger partial charge in [0.05, 0.1) is 0 Å². The Kier molecular flexibility index (Phi) is 3.32. The van der Waals surface area contributed by atoms with Crippen LogP contribution in [0.15, 0.2) is 42.5 Å². The van der Waals surface area contributed by atoms with Crippen LogP contribution in [0, 0.1) is 0 Å². The highest BCUT2D eigenvalue weighted by Crippen LogP contribution is 2.34. The lowest BCUT2D eigenvalue weighted by molar-refractivity contribution is 1.31. The molecule has 17 heavy (non-hydrogen) atoms. The lowest BCUT2D eigenvalue weighted by Crippen LogP contribution is -2.61. The molecule has 1 nitrogen and oxygen atoms in total. The van der Waals surface area contributed by atoms with Crippen LogP contribution in [0.3, 0.4) is 0 Å². The summed E-state index contributed by atoms with van der Waals surface area (Å²) >= 11 is 0. The quantitative estimate of drug-likeness (QED) is 0.532. The summed E-state index contributed by atoms with van der Waals surface area (Å²) in [6.45, 7) is 10.0. The predicted molar refractivity (Wildman–Crippen MR) is 82.6 cm³/mol. The summed E-state index contributed by atoms with van der Waals surface area (Å²) in [7, 11) is -2.68. The monoisotopic (exact) mass is 261 g/mol. The second kappa shape index (κ2) is 4.46. The summed E-state index contributed by atoms with van der Waals surface area (Å²) in [5.41, 5.74) is 1.45. The molecule has 0 aliphatic carbocycles. The van der Waals surface area contributed by atoms with E-state index in [0.29, 0.717) is 0 Å². The Bertz CT molecular complexity index is 389. The first-order valence-electron chi connectivity index (χ1n) is 6.44. The second-order valence-electron chi connectivity index (χ2n) is 6.18. The van der Waals surface area contributed by atoms with Gasteiger partial charge in [-0.1, -0.05) is 56.5 Å². The van der Waals surface area contributed by atoms with Crippen molar-refractivity contribution in [3.63, 3.8) is 0 Å². The zero-order valence-electron chi connectivity index (χ0n) is 11.4. The molecule has 0 spiro atoms. The topological polar surface area (TPSA) is 3.24 Å². The van der Waals surface area contributed by atoms with Crippen molar-refractivity contribution in [2.45, 2.75) is 38.3 Å². The van der Waals surface area contributed by atoms with Gasteiger partial charge in [0.25, 0.3) is 0 Å². The Balaban J connectivity index is 2.46. The molecule has 0 unspecified atom stereocenters. The highest BCUT2D eigenvalue weighted by atomic mass is 28.4. The standard InChI is InChI=1S/C14H23NSi2/c1-16(2)12-8-9-13-17(3,4)15(16)14-10-6-5-7-11-14/h5-11H,12-13H2,1-4H3. The number of allylic oxidation sites excluding steroid dienone is 2. The Hall–Kier alpha value is -0.806. The molecule has 2 rings (SSSR count). The third kappa shape index (κ3) is 2.55. The molecule has 0 atom stereocenters. The van der Waals surface area contributed by atoms with Crippen LogP contribution in [0.2, 0.25) is 38.3 Å². The molecular weight excluding hydrogens is 238 g/mol. The largest absolute Gasteiger partial charge is 0.424 e. The SMILES string of the molecule is C[Si]1(C)CC=CC[Si](C)(C)N1c1ccccc1. The van der Waals surface area contributed by atoms with Crippen LogP contribution in [0.4, 0.5) is 5.69 Å². The molecule has 1 aromatic carbocycles. The number of anilines is 1. The maximum Gasteiger partial charge on any atom is 0.145 e. The number of nitrogens with zero attached hydrogens (tertiary/aromatic N) is 1. The Morgan fingerprint density at radius 3 is 1.76 bits per heavy atom. The number of hydrogen-bond acceptors (Lipinski definition) is 1. The maximum absolute atomic E-state index is 2.85. The molecule has 0 N–H and O–H groups in total. The third-order valence-corrected chi connectivity index (χ3v) is 12.7. The lowest BCUT2D eigenvalue weighted by atomic mass is 10.3. The minimum atomic E-state index is -1.34. The van der Waals surface area contributed by atoms with Gasteiger partial charge in [-0.25, -0.2) is 0 Å². The first-order valence-corrected chi connectivity index (χ1v) is 12.7. The fraction of sp³-hybridized carbons (Fsp3) is 0.429. The van der Waals surface area contributed by atoms with Crippen molar-refractivity contribution in [3.8, 4) is 0 Å². The van der Waals surface area contributed by atoms with Crippen molar-refractivity contribution in [3.05, 3.63) is 42.5 Å². The normalized spacial score (nSPS) is 22.2. The van der Waals surface area contributed by atoms with E-state index in [2.05, 4.69) is 72.9 Å². The van der Waals surface area contributed by atoms with Gasteiger partial charge in [-0.3, -0.25) is 0 Å². The molecule has 3 heteroatoms. The van der Waals surface area contributed by atoms with Crippen molar-refractivity contribution in [2.75, 3.05) is 4.23 Å². The molecule has 0 radical (unpaired) electrons. The highest BCUT2D eigenvalue weighted by molar-refractivity contribution is 7.00. The summed E-state index contributed by atoms with van der Waals surface area (Å²) in [6.07, 6.45) is 4.84. The van der Waals surface area contributed by atoms with Gasteiger partial charge in [0.2, 0.25) is 0 Å². The van der Waals surface area contributed by atoms with Gasteiger partial charge in [0, 0.05) is 5.69 Å². The predicted octanol–water partition coefficient (Wildman–Crippen LogP) is 4.47. The first-order chi connectivity index (χ1) is 7.93. The summed E-state index contributed by atoms with van der Waals surface area (Å²) in [5, 5.41) is 0. The average molecular weight is 262 g/mol. The molecular formula is C14H23NSi2. The van der Waals surface area contributed by atoms with Gasteiger partial charge in [0.15, 0.2) is 0 Å². The second-order valence-corrected chi connectivity index (χ2v) is 15.6. The van der Waals surface area contributed by atoms with Crippen LogP contribution in [-0.2, 0) is 0 Å². The maximum atomic E-state index is 2.85. The number of rotatable bonds is 1. The first kappa shape index (κ1) is 12.6. The van der Waals surface area contributed by atoms with Gasteiger partial charge in [-0.2, -0.15) is 0 Å². The molecule has 0 bridgehead atoms. The molecule has 0 saturated heterocycles. The van der Waals surface area contributed by atoms with E-state index in [1.54, 1.807) is 0 Å². The highest BCUT2D eigenvalue weighted by Gasteiger charge is 2.40. The van der Waals surface area contributed by atoms with Crippen molar-refractivity contribution in [1.29, 1.82) is 0 Å². The van der Waals surface area contributed by atoms with Gasteiger partial charge in [0.1, 0.15) is 16.5 Å². The van der Waals surface area contributed by atoms with Crippen LogP contribution in [0.25, 0.3) is 0 Å². The number of hydrogen-bond donors (Lipinski definition) is 0. The van der Waals surface area contributed by atoms with Crippen molar-refractivity contribution < 1.29 is 0 Å². The minimum Gasteiger partial charge on any atom is -0.424 e. The molecule has 1 aliphatic heterocycles. The Morgan fingerprint density at radius 2 is 1.29 bits per heavy atom. The molecule has 0 amide bonds. The van der Waals surface area contributed by atoms with Crippen molar-refractivity contribution in [1.82, 2.24) is 0 Å². The summed E-state index contributed by atoms with van der Waals surface area (Å²) in [6, 6.07) is 13.6. The van der Waals surface area contributed by atoms with Crippen LogP contribution in [-0.4, -0.2) is 16.5 Å². The minimum absolute atomic E-state index is 1.28. The molecule has 0 fully saturated rings. The molecule has 92 valence electrons. The Morgan fingerprint density at radius 1 is 0.824 bits per heavy atom. The van der Waals surface area contributed by atoms with Gasteiger partial charge in [-0.15, -0.1) is 0 Å². The van der Waals surface area contributed by atoms with Crippen LogP contribution in [0.5, 0.6) is 0 Å². The average Bonchev–Trinajstić information content (AvgIpc) is 2.35. The van der Waals surface area contributed by atoms with E-state index in [9.17, 15) is 0 Å². The van der Waals surface area contributed by atoms with Crippen molar-refractivity contribution in [2.24, 2.45) is 0 Å². The van der Waals surface area contributed by atoms with E-state index >= 15 is 0 Å². The molecule has 1 aromatic rings. The lowest BCUT2D eigenvalue weighted by Gasteiger charge is -2.47. The fourth-order valence-corrected chi connectivity index (χ4v) is 13.7. The van der Waals surface area contributed by atoms with Crippen LogP contribution in [0.1, 0.15) is 0 Å². The van der Waals surface area contributed by atoms with E-state index in [4.69, 9.17) is 0 Å². The van der Waals surface area contributed by atoms with E-state index < -0.39 is 16.5 Å². The van der Waals surface area contributed by atoms with E-state index in [1.165, 1.54) is 17.8 Å². The molecule has 0 saturated carbocycles. The smallest absolute Gasteiger partial charge is 0.145 e. The van der Waals surface area contributed by atoms with Gasteiger partial charge < -0.3 is 4.23 Å². The molecule has 0 aromatic heterocycles. The van der Waals surface area contributed by atoms with E-state index in [1.807, 2.05) is 0 Å². The number of benzene rings is 1. The van der Waals surface area contributed by atoms with E-state index in [0.717, 1.165) is 0 Å². The summed E-state index contributed by atoms with van der Waals surface area (Å²) in [4.78, 5) is 0. The molecule has 1 aliphatic rings. The summed E-state index contributed by atoms with van der Waals surface area (Å²) < 4.78 is 2.85. The van der Waals surface area contributed by atoms with Crippen LogP contribution >= 0.6 is 0 Å². The van der Waals surface area contributed by atoms with E-state index in [-0.39, 0.29) is 0 Å². The Labute approximate surface area is 107 Å². The van der Waals surface area contributed by atoms with Gasteiger partial charge in [-0.05, 0) is 24.2 Å². The molecule has 1 heterocycles. The van der Waals surface area contributed by atoms with Crippen molar-refractivity contribution >= 4 is 22.2 Å². The van der Waals surface area contributed by atoms with Crippen LogP contribution < -0.4 is 4.23 Å².